The number of carbonyl (C=O) groups excluding carboxylic acids is 3. The molecule has 0 unspecified atom stereocenters. The maximum atomic E-state index is 12.5. The fraction of sp³-hybridized carbons (Fsp3) is 0.318. The largest absolute Gasteiger partial charge is 0.452 e. The first kappa shape index (κ1) is 19.6. The third-order valence-electron chi connectivity index (χ3n) is 4.79. The molecule has 0 aromatic heterocycles. The molecule has 0 saturated carbocycles. The molecule has 0 aliphatic carbocycles. The Kier molecular flexibility index (Phi) is 5.78. The van der Waals surface area contributed by atoms with Crippen LogP contribution in [0.5, 0.6) is 0 Å². The highest BCUT2D eigenvalue weighted by molar-refractivity contribution is 6.00. The highest BCUT2D eigenvalue weighted by Gasteiger charge is 2.37. The van der Waals surface area contributed by atoms with Gasteiger partial charge < -0.3 is 15.0 Å². The van der Waals surface area contributed by atoms with Gasteiger partial charge in [0.2, 0.25) is 5.91 Å². The molecule has 2 aromatic carbocycles. The highest BCUT2D eigenvalue weighted by Crippen LogP contribution is 2.26. The van der Waals surface area contributed by atoms with E-state index in [0.717, 1.165) is 16.8 Å². The van der Waals surface area contributed by atoms with Crippen molar-refractivity contribution < 1.29 is 19.1 Å². The maximum Gasteiger partial charge on any atom is 0.312 e. The van der Waals surface area contributed by atoms with Crippen LogP contribution in [0.15, 0.2) is 48.5 Å². The van der Waals surface area contributed by atoms with Crippen molar-refractivity contribution in [2.24, 2.45) is 5.92 Å². The summed E-state index contributed by atoms with van der Waals surface area (Å²) in [6, 6.07) is 14.9. The Hall–Kier alpha value is -3.15. The van der Waals surface area contributed by atoms with E-state index in [0.29, 0.717) is 5.69 Å². The lowest BCUT2D eigenvalue weighted by atomic mass is 10.1. The van der Waals surface area contributed by atoms with E-state index < -0.39 is 23.9 Å². The summed E-state index contributed by atoms with van der Waals surface area (Å²) in [6.45, 7) is 5.71. The van der Waals surface area contributed by atoms with Gasteiger partial charge in [0.25, 0.3) is 5.91 Å². The van der Waals surface area contributed by atoms with Gasteiger partial charge in [0.1, 0.15) is 0 Å². The quantitative estimate of drug-likeness (QED) is 0.808. The number of nitrogens with one attached hydrogen (secondary N) is 1. The molecular weight excluding hydrogens is 356 g/mol. The number of carbonyl (C=O) groups is 3. The number of nitrogens with zero attached hydrogens (tertiary/aromatic N) is 1. The molecule has 28 heavy (non-hydrogen) atoms. The Morgan fingerprint density at radius 1 is 1.04 bits per heavy atom. The number of aryl methyl sites for hydroxylation is 2. The first-order valence-electron chi connectivity index (χ1n) is 9.28. The second kappa shape index (κ2) is 8.25. The average molecular weight is 380 g/mol. The number of hydrogen-bond acceptors (Lipinski definition) is 4. The van der Waals surface area contributed by atoms with Crippen molar-refractivity contribution in [2.45, 2.75) is 33.3 Å². The number of anilines is 2. The molecule has 2 amide bonds. The molecule has 0 spiro atoms. The molecule has 1 saturated heterocycles. The third kappa shape index (κ3) is 4.57. The standard InChI is InChI=1S/C22H24N2O4/c1-14-4-8-18(9-5-14)23-21(26)16(3)28-22(27)17-12-20(25)24(13-17)19-10-6-15(2)7-11-19/h4-11,16-17H,12-13H2,1-3H3,(H,23,26)/t16-,17-/m1/s1. The first-order chi connectivity index (χ1) is 13.3. The van der Waals surface area contributed by atoms with Crippen molar-refractivity contribution in [1.82, 2.24) is 0 Å². The predicted octanol–water partition coefficient (Wildman–Crippen LogP) is 3.23. The molecule has 3 rings (SSSR count). The first-order valence-corrected chi connectivity index (χ1v) is 9.28. The Morgan fingerprint density at radius 3 is 2.21 bits per heavy atom. The van der Waals surface area contributed by atoms with Crippen LogP contribution in [-0.4, -0.2) is 30.4 Å². The van der Waals surface area contributed by atoms with Gasteiger partial charge in [-0.1, -0.05) is 35.4 Å². The van der Waals surface area contributed by atoms with Gasteiger partial charge in [-0.05, 0) is 45.0 Å². The molecule has 0 bridgehead atoms. The van der Waals surface area contributed by atoms with Crippen molar-refractivity contribution >= 4 is 29.2 Å². The van der Waals surface area contributed by atoms with Gasteiger partial charge in [-0.2, -0.15) is 0 Å². The van der Waals surface area contributed by atoms with Crippen molar-refractivity contribution in [3.8, 4) is 0 Å². The summed E-state index contributed by atoms with van der Waals surface area (Å²) in [5, 5.41) is 2.72. The number of hydrogen-bond donors (Lipinski definition) is 1. The van der Waals surface area contributed by atoms with Crippen LogP contribution in [0.4, 0.5) is 11.4 Å². The summed E-state index contributed by atoms with van der Waals surface area (Å²) < 4.78 is 5.31. The van der Waals surface area contributed by atoms with Crippen LogP contribution in [0.2, 0.25) is 0 Å². The molecule has 1 N–H and O–H groups in total. The summed E-state index contributed by atoms with van der Waals surface area (Å²) >= 11 is 0. The van der Waals surface area contributed by atoms with Crippen molar-refractivity contribution in [1.29, 1.82) is 0 Å². The van der Waals surface area contributed by atoms with E-state index >= 15 is 0 Å². The van der Waals surface area contributed by atoms with Crippen LogP contribution < -0.4 is 10.2 Å². The second-order valence-electron chi connectivity index (χ2n) is 7.18. The molecule has 1 fully saturated rings. The number of benzene rings is 2. The summed E-state index contributed by atoms with van der Waals surface area (Å²) in [5.74, 6) is -1.64. The number of rotatable bonds is 5. The van der Waals surface area contributed by atoms with Crippen LogP contribution >= 0.6 is 0 Å². The lowest BCUT2D eigenvalue weighted by Crippen LogP contribution is -2.33. The number of esters is 1. The van der Waals surface area contributed by atoms with Crippen LogP contribution in [-0.2, 0) is 19.1 Å². The summed E-state index contributed by atoms with van der Waals surface area (Å²) in [7, 11) is 0. The topological polar surface area (TPSA) is 75.7 Å². The SMILES string of the molecule is Cc1ccc(NC(=O)[C@@H](C)OC(=O)[C@@H]2CC(=O)N(c3ccc(C)cc3)C2)cc1. The van der Waals surface area contributed by atoms with Gasteiger partial charge >= 0.3 is 5.97 Å². The van der Waals surface area contributed by atoms with Gasteiger partial charge in [-0.25, -0.2) is 0 Å². The predicted molar refractivity (Wildman–Crippen MR) is 107 cm³/mol. The summed E-state index contributed by atoms with van der Waals surface area (Å²) in [6.07, 6.45) is -0.865. The van der Waals surface area contributed by atoms with Gasteiger partial charge in [0.15, 0.2) is 6.10 Å². The van der Waals surface area contributed by atoms with E-state index in [2.05, 4.69) is 5.32 Å². The van der Waals surface area contributed by atoms with E-state index in [4.69, 9.17) is 4.74 Å². The Balaban J connectivity index is 1.56. The van der Waals surface area contributed by atoms with Crippen LogP contribution in [0.1, 0.15) is 24.5 Å². The van der Waals surface area contributed by atoms with E-state index in [9.17, 15) is 14.4 Å². The van der Waals surface area contributed by atoms with Crippen molar-refractivity contribution in [2.75, 3.05) is 16.8 Å². The van der Waals surface area contributed by atoms with Crippen LogP contribution in [0.25, 0.3) is 0 Å². The van der Waals surface area contributed by atoms with Crippen molar-refractivity contribution in [3.05, 3.63) is 59.7 Å². The number of ether oxygens (including phenoxy) is 1. The van der Waals surface area contributed by atoms with Gasteiger partial charge in [-0.15, -0.1) is 0 Å². The molecule has 1 heterocycles. The zero-order valence-electron chi connectivity index (χ0n) is 16.3. The Bertz CT molecular complexity index is 874. The van der Waals surface area contributed by atoms with Crippen LogP contribution in [0.3, 0.4) is 0 Å². The van der Waals surface area contributed by atoms with E-state index in [-0.39, 0.29) is 18.9 Å². The fourth-order valence-corrected chi connectivity index (χ4v) is 3.04. The minimum atomic E-state index is -0.947. The smallest absolute Gasteiger partial charge is 0.312 e. The molecular formula is C22H24N2O4. The minimum absolute atomic E-state index is 0.0824. The molecule has 2 atom stereocenters. The zero-order chi connectivity index (χ0) is 20.3. The normalized spacial score (nSPS) is 17.3. The van der Waals surface area contributed by atoms with Gasteiger partial charge in [0, 0.05) is 24.3 Å². The highest BCUT2D eigenvalue weighted by atomic mass is 16.5. The van der Waals surface area contributed by atoms with Crippen molar-refractivity contribution in [3.63, 3.8) is 0 Å². The van der Waals surface area contributed by atoms with Gasteiger partial charge in [0.05, 0.1) is 5.92 Å². The Morgan fingerprint density at radius 2 is 1.61 bits per heavy atom. The second-order valence-corrected chi connectivity index (χ2v) is 7.18. The Labute approximate surface area is 164 Å². The molecule has 0 radical (unpaired) electrons. The maximum absolute atomic E-state index is 12.5. The zero-order valence-corrected chi connectivity index (χ0v) is 16.3. The monoisotopic (exact) mass is 380 g/mol. The number of amides is 2. The molecule has 1 aliphatic rings. The molecule has 2 aromatic rings. The molecule has 6 nitrogen and oxygen atoms in total. The van der Waals surface area contributed by atoms with E-state index in [1.165, 1.54) is 6.92 Å². The van der Waals surface area contributed by atoms with Crippen LogP contribution in [0, 0.1) is 19.8 Å². The third-order valence-corrected chi connectivity index (χ3v) is 4.79. The molecule has 1 aliphatic heterocycles. The van der Waals surface area contributed by atoms with Gasteiger partial charge in [-0.3, -0.25) is 14.4 Å². The molecule has 146 valence electrons. The summed E-state index contributed by atoms with van der Waals surface area (Å²) in [4.78, 5) is 38.6. The lowest BCUT2D eigenvalue weighted by Gasteiger charge is -2.18. The summed E-state index contributed by atoms with van der Waals surface area (Å²) in [5.41, 5.74) is 3.58. The van der Waals surface area contributed by atoms with E-state index in [1.54, 1.807) is 17.0 Å². The lowest BCUT2D eigenvalue weighted by molar-refractivity contribution is -0.157. The molecule has 6 heteroatoms. The fourth-order valence-electron chi connectivity index (χ4n) is 3.04. The van der Waals surface area contributed by atoms with E-state index in [1.807, 2.05) is 50.2 Å². The average Bonchev–Trinajstić information content (AvgIpc) is 3.06. The minimum Gasteiger partial charge on any atom is -0.452 e.